The molecular formula is C25H20F2N2O5S. The van der Waals surface area contributed by atoms with Crippen molar-refractivity contribution in [2.45, 2.75) is 12.8 Å². The Morgan fingerprint density at radius 1 is 1.06 bits per heavy atom. The second-order valence-electron chi connectivity index (χ2n) is 7.46. The van der Waals surface area contributed by atoms with E-state index in [9.17, 15) is 23.2 Å². The highest BCUT2D eigenvalue weighted by Crippen LogP contribution is 2.38. The molecule has 2 heterocycles. The summed E-state index contributed by atoms with van der Waals surface area (Å²) in [4.78, 5) is 39.4. The minimum Gasteiger partial charge on any atom is -0.466 e. The van der Waals surface area contributed by atoms with Crippen LogP contribution in [0, 0.1) is 11.6 Å². The molecule has 1 atom stereocenters. The van der Waals surface area contributed by atoms with E-state index in [2.05, 4.69) is 0 Å². The molecular weight excluding hydrogens is 478 g/mol. The first-order valence-electron chi connectivity index (χ1n) is 10.5. The van der Waals surface area contributed by atoms with Crippen LogP contribution in [0.1, 0.15) is 24.0 Å². The quantitative estimate of drug-likeness (QED) is 0.539. The summed E-state index contributed by atoms with van der Waals surface area (Å²) < 4.78 is 40.4. The predicted octanol–water partition coefficient (Wildman–Crippen LogP) is 1.83. The molecule has 7 nitrogen and oxygen atoms in total. The second-order valence-corrected chi connectivity index (χ2v) is 8.49. The third-order valence-corrected chi connectivity index (χ3v) is 6.57. The van der Waals surface area contributed by atoms with E-state index in [0.29, 0.717) is 0 Å². The van der Waals surface area contributed by atoms with Crippen LogP contribution in [0.2, 0.25) is 0 Å². The highest BCUT2D eigenvalue weighted by Gasteiger charge is 2.40. The Bertz CT molecular complexity index is 1550. The van der Waals surface area contributed by atoms with Crippen molar-refractivity contribution in [2.75, 3.05) is 13.7 Å². The van der Waals surface area contributed by atoms with Gasteiger partial charge in [-0.15, -0.1) is 11.3 Å². The normalized spacial score (nSPS) is 15.7. The SMILES string of the molecule is CCOC(=O)C1=c2s/c(=C\c3ccccc3F)c(=O)n2C(N)=C(C(=O)OC)C1c1ccccc1F. The number of esters is 2. The Hall–Kier alpha value is -4.05. The number of aromatic nitrogens is 1. The third kappa shape index (κ3) is 4.17. The van der Waals surface area contributed by atoms with Crippen LogP contribution in [0.5, 0.6) is 0 Å². The Balaban J connectivity index is 2.16. The molecule has 0 amide bonds. The minimum absolute atomic E-state index is 0.0110. The summed E-state index contributed by atoms with van der Waals surface area (Å²) in [5.74, 6) is -4.67. The number of carbonyl (C=O) groups excluding carboxylic acids is 2. The molecule has 3 aromatic rings. The number of nitrogens with two attached hydrogens (primary N) is 1. The lowest BCUT2D eigenvalue weighted by Crippen LogP contribution is -2.42. The van der Waals surface area contributed by atoms with Crippen LogP contribution in [-0.4, -0.2) is 30.2 Å². The first kappa shape index (κ1) is 24.1. The maximum Gasteiger partial charge on any atom is 0.338 e. The number of carbonyl (C=O) groups is 2. The van der Waals surface area contributed by atoms with Crippen molar-refractivity contribution in [3.8, 4) is 0 Å². The maximum atomic E-state index is 15.0. The smallest absolute Gasteiger partial charge is 0.338 e. The van der Waals surface area contributed by atoms with Crippen molar-refractivity contribution in [1.82, 2.24) is 4.57 Å². The van der Waals surface area contributed by atoms with Gasteiger partial charge >= 0.3 is 11.9 Å². The third-order valence-electron chi connectivity index (χ3n) is 5.46. The summed E-state index contributed by atoms with van der Waals surface area (Å²) in [6.45, 7) is 1.58. The molecule has 1 aromatic heterocycles. The van der Waals surface area contributed by atoms with Crippen LogP contribution in [0.4, 0.5) is 8.78 Å². The van der Waals surface area contributed by atoms with Crippen LogP contribution in [0.3, 0.4) is 0 Å². The number of methoxy groups -OCH3 is 1. The minimum atomic E-state index is -1.30. The summed E-state index contributed by atoms with van der Waals surface area (Å²) in [5, 5.41) is 0. The number of benzene rings is 2. The van der Waals surface area contributed by atoms with Crippen molar-refractivity contribution in [2.24, 2.45) is 5.73 Å². The topological polar surface area (TPSA) is 101 Å². The van der Waals surface area contributed by atoms with E-state index in [-0.39, 0.29) is 43.9 Å². The average molecular weight is 499 g/mol. The van der Waals surface area contributed by atoms with E-state index >= 15 is 0 Å². The number of ether oxygens (including phenoxy) is 2. The van der Waals surface area contributed by atoms with Gasteiger partial charge in [0.05, 0.1) is 35.3 Å². The number of hydrogen-bond donors (Lipinski definition) is 1. The van der Waals surface area contributed by atoms with Gasteiger partial charge in [0.25, 0.3) is 5.56 Å². The summed E-state index contributed by atoms with van der Waals surface area (Å²) in [6.07, 6.45) is 1.32. The van der Waals surface area contributed by atoms with E-state index in [0.717, 1.165) is 23.0 Å². The van der Waals surface area contributed by atoms with Crippen molar-refractivity contribution in [3.05, 3.63) is 96.4 Å². The lowest BCUT2D eigenvalue weighted by atomic mass is 9.83. The van der Waals surface area contributed by atoms with Gasteiger partial charge in [-0.25, -0.2) is 18.4 Å². The fourth-order valence-corrected chi connectivity index (χ4v) is 5.07. The van der Waals surface area contributed by atoms with E-state index in [1.807, 2.05) is 0 Å². The molecule has 0 saturated heterocycles. The van der Waals surface area contributed by atoms with Gasteiger partial charge in [0.15, 0.2) is 0 Å². The number of thiazole rings is 1. The van der Waals surface area contributed by atoms with Gasteiger partial charge in [0.1, 0.15) is 22.1 Å². The summed E-state index contributed by atoms with van der Waals surface area (Å²) >= 11 is 0.859. The Labute approximate surface area is 202 Å². The molecule has 0 bridgehead atoms. The zero-order valence-electron chi connectivity index (χ0n) is 18.7. The molecule has 0 fully saturated rings. The molecule has 2 N–H and O–H groups in total. The van der Waals surface area contributed by atoms with E-state index < -0.39 is 35.1 Å². The van der Waals surface area contributed by atoms with Gasteiger partial charge in [-0.05, 0) is 25.1 Å². The van der Waals surface area contributed by atoms with Crippen molar-refractivity contribution in [1.29, 1.82) is 0 Å². The zero-order valence-corrected chi connectivity index (χ0v) is 19.5. The van der Waals surface area contributed by atoms with Crippen molar-refractivity contribution < 1.29 is 27.8 Å². The molecule has 0 saturated carbocycles. The number of hydrogen-bond acceptors (Lipinski definition) is 7. The Kier molecular flexibility index (Phi) is 6.65. The van der Waals surface area contributed by atoms with Crippen molar-refractivity contribution in [3.63, 3.8) is 0 Å². The average Bonchev–Trinajstić information content (AvgIpc) is 3.16. The predicted molar refractivity (Wildman–Crippen MR) is 126 cm³/mol. The number of halogens is 2. The fraction of sp³-hybridized carbons (Fsp3) is 0.160. The van der Waals surface area contributed by atoms with Crippen LogP contribution in [-0.2, 0) is 19.1 Å². The molecule has 0 radical (unpaired) electrons. The fourth-order valence-electron chi connectivity index (χ4n) is 3.92. The molecule has 0 spiro atoms. The van der Waals surface area contributed by atoms with Gasteiger partial charge in [-0.1, -0.05) is 36.4 Å². The first-order valence-corrected chi connectivity index (χ1v) is 11.3. The van der Waals surface area contributed by atoms with Crippen molar-refractivity contribution >= 4 is 40.7 Å². The molecule has 2 aromatic carbocycles. The van der Waals surface area contributed by atoms with Gasteiger partial charge in [-0.3, -0.25) is 9.36 Å². The van der Waals surface area contributed by atoms with Gasteiger partial charge < -0.3 is 15.2 Å². The zero-order chi connectivity index (χ0) is 25.3. The number of rotatable bonds is 5. The number of nitrogens with zero attached hydrogens (tertiary/aromatic N) is 1. The standard InChI is InChI=1S/C25H20F2N2O5S/c1-3-34-25(32)20-18(14-9-5-7-11-16(14)27)19(24(31)33-2)21(28)29-22(30)17(35-23(20)29)12-13-8-4-6-10-15(13)26/h4-12,18H,3,28H2,1-2H3/b17-12-. The molecule has 1 unspecified atom stereocenters. The van der Waals surface area contributed by atoms with Crippen LogP contribution < -0.4 is 20.5 Å². The monoisotopic (exact) mass is 498 g/mol. The largest absolute Gasteiger partial charge is 0.466 e. The highest BCUT2D eigenvalue weighted by atomic mass is 32.1. The summed E-state index contributed by atoms with van der Waals surface area (Å²) in [5.41, 5.74) is 5.29. The van der Waals surface area contributed by atoms with Crippen LogP contribution in [0.15, 0.2) is 58.9 Å². The van der Waals surface area contributed by atoms with Gasteiger partial charge in [0.2, 0.25) is 0 Å². The highest BCUT2D eigenvalue weighted by molar-refractivity contribution is 7.07. The second kappa shape index (κ2) is 9.67. The molecule has 10 heteroatoms. The van der Waals surface area contributed by atoms with E-state index in [4.69, 9.17) is 15.2 Å². The summed E-state index contributed by atoms with van der Waals surface area (Å²) in [6, 6.07) is 11.4. The maximum absolute atomic E-state index is 15.0. The summed E-state index contributed by atoms with van der Waals surface area (Å²) in [7, 11) is 1.11. The van der Waals surface area contributed by atoms with Gasteiger partial charge in [-0.2, -0.15) is 0 Å². The van der Waals surface area contributed by atoms with Crippen LogP contribution in [0.25, 0.3) is 17.5 Å². The Morgan fingerprint density at radius 2 is 1.71 bits per heavy atom. The number of fused-ring (bicyclic) bond motifs is 1. The van der Waals surface area contributed by atoms with E-state index in [1.165, 1.54) is 42.5 Å². The first-order chi connectivity index (χ1) is 16.8. The lowest BCUT2D eigenvalue weighted by Gasteiger charge is -2.27. The molecule has 1 aliphatic heterocycles. The molecule has 180 valence electrons. The molecule has 35 heavy (non-hydrogen) atoms. The Morgan fingerprint density at radius 3 is 2.34 bits per heavy atom. The van der Waals surface area contributed by atoms with Crippen LogP contribution >= 0.6 is 11.3 Å². The van der Waals surface area contributed by atoms with E-state index in [1.54, 1.807) is 19.1 Å². The lowest BCUT2D eigenvalue weighted by molar-refractivity contribution is -0.136. The molecule has 0 aliphatic carbocycles. The van der Waals surface area contributed by atoms with Gasteiger partial charge in [0, 0.05) is 11.1 Å². The molecule has 1 aliphatic rings. The molecule has 4 rings (SSSR count).